The summed E-state index contributed by atoms with van der Waals surface area (Å²) in [5.41, 5.74) is 8.37. The molecule has 75 heavy (non-hydrogen) atoms. The van der Waals surface area contributed by atoms with Crippen LogP contribution >= 0.6 is 11.3 Å². The second kappa shape index (κ2) is 23.2. The highest BCUT2D eigenvalue weighted by atomic mass is 32.1. The number of likely N-dealkylation sites (tertiary alicyclic amines) is 1. The van der Waals surface area contributed by atoms with Crippen molar-refractivity contribution in [3.05, 3.63) is 111 Å². The number of aromatic hydroxyl groups is 1. The molecule has 3 aliphatic rings. The van der Waals surface area contributed by atoms with Crippen molar-refractivity contribution in [2.45, 2.75) is 96.2 Å². The molecule has 3 aromatic carbocycles. The second-order valence-corrected chi connectivity index (χ2v) is 20.9. The first-order valence-electron chi connectivity index (χ1n) is 24.5. The molecule has 7 amide bonds. The van der Waals surface area contributed by atoms with Crippen molar-refractivity contribution in [1.82, 2.24) is 41.4 Å². The van der Waals surface area contributed by atoms with Crippen molar-refractivity contribution in [2.24, 2.45) is 11.1 Å². The van der Waals surface area contributed by atoms with E-state index < -0.39 is 95.3 Å². The number of nitrogens with one attached hydrogen (secondary N) is 5. The smallest absolute Gasteiger partial charge is 0.267 e. The van der Waals surface area contributed by atoms with E-state index in [2.05, 4.69) is 31.6 Å². The minimum atomic E-state index is -2.03. The average Bonchev–Trinajstić information content (AvgIpc) is 3.61. The van der Waals surface area contributed by atoms with Crippen LogP contribution in [0.5, 0.6) is 11.5 Å². The molecule has 1 saturated heterocycles. The monoisotopic (exact) mass is 1050 g/mol. The van der Waals surface area contributed by atoms with Gasteiger partial charge in [0.15, 0.2) is 18.1 Å². The summed E-state index contributed by atoms with van der Waals surface area (Å²) in [6.45, 7) is 5.67. The zero-order chi connectivity index (χ0) is 54.4. The molecule has 0 bridgehead atoms. The number of nitrogens with zero attached hydrogens (tertiary/aromatic N) is 3. The number of hydrogen-bond donors (Lipinski definition) is 8. The van der Waals surface area contributed by atoms with E-state index in [0.29, 0.717) is 12.0 Å². The Hall–Kier alpha value is -7.72. The van der Waals surface area contributed by atoms with Gasteiger partial charge in [0.25, 0.3) is 23.6 Å². The Morgan fingerprint density at radius 2 is 1.76 bits per heavy atom. The van der Waals surface area contributed by atoms with Crippen LogP contribution in [-0.2, 0) is 41.7 Å². The quantitative estimate of drug-likeness (QED) is 0.0467. The minimum absolute atomic E-state index is 0.00283. The van der Waals surface area contributed by atoms with E-state index in [1.807, 2.05) is 31.2 Å². The first-order valence-corrected chi connectivity index (χ1v) is 25.3. The number of ether oxygens (including phenoxy) is 1. The number of halogens is 1. The number of phenolic OH excluding ortho intramolecular Hbond substituents is 1. The van der Waals surface area contributed by atoms with Crippen LogP contribution in [0.2, 0.25) is 0 Å². The number of amides is 7. The molecular weight excluding hydrogens is 990 g/mol. The summed E-state index contributed by atoms with van der Waals surface area (Å²) in [6, 6.07) is 14.1. The fraction of sp³-hybridized carbons (Fsp3) is 0.415. The Balaban J connectivity index is 0.880. The predicted octanol–water partition coefficient (Wildman–Crippen LogP) is 2.65. The van der Waals surface area contributed by atoms with Crippen molar-refractivity contribution >= 4 is 58.5 Å². The Morgan fingerprint density at radius 3 is 2.45 bits per heavy atom. The number of hydrogen-bond acceptors (Lipinski definition) is 14. The molecule has 1 saturated carbocycles. The lowest BCUT2D eigenvalue weighted by Crippen LogP contribution is -2.59. The number of aromatic nitrogens is 1. The van der Waals surface area contributed by atoms with Crippen LogP contribution in [0.25, 0.3) is 10.4 Å². The number of fused-ring (bicyclic) bond motifs is 1. The minimum Gasteiger partial charge on any atom is -0.507 e. The lowest BCUT2D eigenvalue weighted by atomic mass is 9.85. The van der Waals surface area contributed by atoms with Gasteiger partial charge < -0.3 is 57.1 Å². The summed E-state index contributed by atoms with van der Waals surface area (Å²) in [4.78, 5) is 113. The van der Waals surface area contributed by atoms with Crippen molar-refractivity contribution in [3.63, 3.8) is 0 Å². The van der Waals surface area contributed by atoms with Gasteiger partial charge in [-0.3, -0.25) is 38.4 Å². The number of carbonyl (C=O) groups is 8. The molecule has 2 fully saturated rings. The third kappa shape index (κ3) is 13.5. The number of aryl methyl sites for hydroxylation is 2. The number of rotatable bonds is 20. The van der Waals surface area contributed by atoms with E-state index in [4.69, 9.17) is 10.5 Å². The van der Waals surface area contributed by atoms with Crippen LogP contribution in [0.15, 0.2) is 77.9 Å². The van der Waals surface area contributed by atoms with Gasteiger partial charge in [-0.05, 0) is 79.0 Å². The molecular formula is C53H62FN9O11S. The van der Waals surface area contributed by atoms with Crippen molar-refractivity contribution < 1.29 is 57.7 Å². The molecule has 0 radical (unpaired) electrons. The average molecular weight is 1050 g/mol. The number of nitrogens with two attached hydrogens (primary N) is 1. The molecule has 1 aliphatic heterocycles. The van der Waals surface area contributed by atoms with Crippen LogP contribution in [0.1, 0.15) is 95.6 Å². The van der Waals surface area contributed by atoms with E-state index in [1.165, 1.54) is 40.3 Å². The SMILES string of the molecule is Cc1ncsc1-c1ccc(CNC(=O)[C@@H]2C[C@@H](O)CN2C(=O)[C@@H](NC(=O)C2(F)CC2)C(C)(C)C)c(OCC(=O)NCC(=O)NCCN(C)C(=O)c2ccc(C(=O)C=C(N)C(=O)NC3CCc4ccccc43)cc2O)c1. The number of aliphatic hydroxyl groups is 1. The number of phenols is 1. The summed E-state index contributed by atoms with van der Waals surface area (Å²) in [6.07, 6.45) is 1.47. The number of carbonyl (C=O) groups excluding carboxylic acids is 8. The number of benzene rings is 3. The molecule has 0 spiro atoms. The number of alkyl halides is 1. The van der Waals surface area contributed by atoms with Crippen LogP contribution in [-0.4, -0.2) is 136 Å². The Morgan fingerprint density at radius 1 is 1.01 bits per heavy atom. The second-order valence-electron chi connectivity index (χ2n) is 20.0. The van der Waals surface area contributed by atoms with E-state index in [0.717, 1.165) is 45.8 Å². The fourth-order valence-electron chi connectivity index (χ4n) is 8.78. The number of β-amino-alcohol motifs (C(OH)–C–C–N with tert-alkyl or cyclic N) is 1. The third-order valence-electron chi connectivity index (χ3n) is 13.3. The standard InChI is InChI=1S/C53H62FN9O11S/c1-29-45(75-28-59-29)32-10-11-33(24-58-48(70)39-22-34(64)26-63(39)50(72)46(52(2,3)4)61-51(73)53(54)16-17-53)42(21-32)74-27-44(68)57-25-43(67)56-18-19-62(5)49(71)36-14-12-31(20-41(36)66)40(65)23-37(55)47(69)60-38-15-13-30-8-6-7-9-35(30)38/h6-12,14,20-21,23,28,34,38-39,46,64,66H,13,15-19,22,24-27,55H2,1-5H3,(H,56,67)(H,57,68)(H,58,70)(H,60,69)(H,61,73)/t34-,38?,39+,46-/m1/s1. The molecule has 20 nitrogen and oxygen atoms in total. The maximum Gasteiger partial charge on any atom is 0.267 e. The molecule has 1 aromatic heterocycles. The van der Waals surface area contributed by atoms with E-state index >= 15 is 0 Å². The molecule has 7 rings (SSSR count). The molecule has 1 unspecified atom stereocenters. The van der Waals surface area contributed by atoms with Gasteiger partial charge in [-0.1, -0.05) is 57.2 Å². The van der Waals surface area contributed by atoms with Crippen molar-refractivity contribution in [3.8, 4) is 21.9 Å². The van der Waals surface area contributed by atoms with Gasteiger partial charge in [0, 0.05) is 56.9 Å². The Bertz CT molecular complexity index is 2920. The molecule has 2 aliphatic carbocycles. The highest BCUT2D eigenvalue weighted by molar-refractivity contribution is 7.13. The molecule has 398 valence electrons. The number of aliphatic hydroxyl groups excluding tert-OH is 1. The highest BCUT2D eigenvalue weighted by Crippen LogP contribution is 2.41. The van der Waals surface area contributed by atoms with Crippen molar-refractivity contribution in [2.75, 3.05) is 39.8 Å². The molecule has 22 heteroatoms. The van der Waals surface area contributed by atoms with Crippen LogP contribution < -0.4 is 37.1 Å². The Kier molecular flexibility index (Phi) is 17.0. The van der Waals surface area contributed by atoms with Crippen LogP contribution in [0.3, 0.4) is 0 Å². The van der Waals surface area contributed by atoms with Gasteiger partial charge in [-0.25, -0.2) is 9.37 Å². The fourth-order valence-corrected chi connectivity index (χ4v) is 9.59. The van der Waals surface area contributed by atoms with Gasteiger partial charge in [-0.15, -0.1) is 11.3 Å². The summed E-state index contributed by atoms with van der Waals surface area (Å²) in [7, 11) is 1.45. The number of likely N-dealkylation sites (N-methyl/N-ethyl adjacent to an activating group) is 1. The van der Waals surface area contributed by atoms with E-state index in [9.17, 15) is 53.0 Å². The predicted molar refractivity (Wildman–Crippen MR) is 274 cm³/mol. The summed E-state index contributed by atoms with van der Waals surface area (Å²) < 4.78 is 20.6. The van der Waals surface area contributed by atoms with Gasteiger partial charge in [0.05, 0.1) is 40.3 Å². The van der Waals surface area contributed by atoms with Crippen molar-refractivity contribution in [1.29, 1.82) is 0 Å². The zero-order valence-electron chi connectivity index (χ0n) is 42.3. The Labute approximate surface area is 436 Å². The van der Waals surface area contributed by atoms with Gasteiger partial charge in [-0.2, -0.15) is 0 Å². The highest BCUT2D eigenvalue weighted by Gasteiger charge is 2.53. The summed E-state index contributed by atoms with van der Waals surface area (Å²) in [5, 5.41) is 34.6. The van der Waals surface area contributed by atoms with Crippen LogP contribution in [0.4, 0.5) is 4.39 Å². The first-order chi connectivity index (χ1) is 35.5. The summed E-state index contributed by atoms with van der Waals surface area (Å²) in [5.74, 6) is -5.49. The number of thiazole rings is 1. The molecule has 4 aromatic rings. The van der Waals surface area contributed by atoms with Gasteiger partial charge in [0.2, 0.25) is 17.7 Å². The summed E-state index contributed by atoms with van der Waals surface area (Å²) >= 11 is 1.39. The topological polar surface area (TPSA) is 292 Å². The largest absolute Gasteiger partial charge is 0.507 e. The third-order valence-corrected chi connectivity index (χ3v) is 14.3. The first kappa shape index (κ1) is 55.0. The van der Waals surface area contributed by atoms with Gasteiger partial charge >= 0.3 is 0 Å². The number of ketones is 1. The maximum absolute atomic E-state index is 14.6. The molecule has 2 heterocycles. The zero-order valence-corrected chi connectivity index (χ0v) is 43.1. The number of allylic oxidation sites excluding steroid dienone is 1. The normalized spacial score (nSPS) is 18.0. The molecule has 9 N–H and O–H groups in total. The van der Waals surface area contributed by atoms with E-state index in [1.54, 1.807) is 44.5 Å². The van der Waals surface area contributed by atoms with E-state index in [-0.39, 0.29) is 74.1 Å². The lowest BCUT2D eigenvalue weighted by Gasteiger charge is -2.35. The van der Waals surface area contributed by atoms with Crippen LogP contribution in [0, 0.1) is 12.3 Å². The molecule has 4 atom stereocenters. The van der Waals surface area contributed by atoms with Gasteiger partial charge in [0.1, 0.15) is 29.3 Å². The lowest BCUT2D eigenvalue weighted by molar-refractivity contribution is -0.145. The maximum atomic E-state index is 14.6.